The Hall–Kier alpha value is -1.75. The fourth-order valence-electron chi connectivity index (χ4n) is 5.54. The number of fused-ring (bicyclic) bond motifs is 1. The van der Waals surface area contributed by atoms with Crippen LogP contribution in [-0.4, -0.2) is 47.2 Å². The first-order valence-corrected chi connectivity index (χ1v) is 10.0. The van der Waals surface area contributed by atoms with Gasteiger partial charge in [0, 0.05) is 18.4 Å². The molecule has 27 heavy (non-hydrogen) atoms. The maximum atomic E-state index is 13.8. The Morgan fingerprint density at radius 2 is 2.04 bits per heavy atom. The van der Waals surface area contributed by atoms with Gasteiger partial charge in [-0.05, 0) is 37.5 Å². The number of rotatable bonds is 4. The van der Waals surface area contributed by atoms with Gasteiger partial charge in [-0.2, -0.15) is 0 Å². The highest BCUT2D eigenvalue weighted by molar-refractivity contribution is 6.25. The van der Waals surface area contributed by atoms with Gasteiger partial charge in [0.05, 0.1) is 6.61 Å². The third-order valence-electron chi connectivity index (χ3n) is 7.23. The zero-order valence-electron chi connectivity index (χ0n) is 16.7. The molecule has 3 rings (SSSR count). The summed E-state index contributed by atoms with van der Waals surface area (Å²) in [7, 11) is 1.49. The van der Waals surface area contributed by atoms with Crippen LogP contribution in [0.4, 0.5) is 0 Å². The van der Waals surface area contributed by atoms with E-state index in [1.165, 1.54) is 11.9 Å². The Bertz CT molecular complexity index is 696. The Morgan fingerprint density at radius 1 is 1.33 bits per heavy atom. The third kappa shape index (κ3) is 3.00. The van der Waals surface area contributed by atoms with Gasteiger partial charge in [0.2, 0.25) is 5.91 Å². The highest BCUT2D eigenvalue weighted by atomic mass is 16.3. The minimum absolute atomic E-state index is 0.122. The number of amides is 1. The van der Waals surface area contributed by atoms with E-state index >= 15 is 0 Å². The average Bonchev–Trinajstić information content (AvgIpc) is 2.85. The molecule has 1 saturated heterocycles. The number of hydrogen-bond donors (Lipinski definition) is 1. The van der Waals surface area contributed by atoms with Gasteiger partial charge >= 0.3 is 0 Å². The molecule has 0 aromatic heterocycles. The van der Waals surface area contributed by atoms with Crippen LogP contribution in [0, 0.1) is 35.0 Å². The Kier molecular flexibility index (Phi) is 5.44. The number of aliphatic hydroxyl groups is 1. The van der Waals surface area contributed by atoms with E-state index in [1.54, 1.807) is 0 Å². The molecule has 1 N–H and O–H groups in total. The van der Waals surface area contributed by atoms with Crippen molar-refractivity contribution in [2.24, 2.45) is 35.0 Å². The molecule has 0 aromatic rings. The van der Waals surface area contributed by atoms with Crippen molar-refractivity contribution < 1.29 is 19.5 Å². The summed E-state index contributed by atoms with van der Waals surface area (Å²) in [4.78, 5) is 40.5. The van der Waals surface area contributed by atoms with E-state index in [2.05, 4.69) is 19.1 Å². The highest BCUT2D eigenvalue weighted by Gasteiger charge is 2.58. The molecule has 5 heteroatoms. The number of nitrogens with zero attached hydrogens (tertiary/aromatic N) is 1. The first-order chi connectivity index (χ1) is 12.8. The number of hydrogen-bond acceptors (Lipinski definition) is 4. The van der Waals surface area contributed by atoms with Crippen LogP contribution >= 0.6 is 0 Å². The van der Waals surface area contributed by atoms with Crippen LogP contribution in [0.15, 0.2) is 24.3 Å². The van der Waals surface area contributed by atoms with Crippen molar-refractivity contribution in [1.82, 2.24) is 4.90 Å². The molecule has 148 valence electrons. The lowest BCUT2D eigenvalue weighted by Gasteiger charge is -2.50. The minimum atomic E-state index is -1.28. The first-order valence-electron chi connectivity index (χ1n) is 10.0. The number of allylic oxidation sites excluding steroid dienone is 4. The van der Waals surface area contributed by atoms with Crippen LogP contribution in [0.3, 0.4) is 0 Å². The number of ketones is 2. The molecule has 7 atom stereocenters. The summed E-state index contributed by atoms with van der Waals surface area (Å²) in [6.07, 6.45) is 11.3. The summed E-state index contributed by atoms with van der Waals surface area (Å²) in [5.41, 5.74) is -0.784. The van der Waals surface area contributed by atoms with E-state index in [0.29, 0.717) is 11.8 Å². The van der Waals surface area contributed by atoms with E-state index in [4.69, 9.17) is 0 Å². The predicted molar refractivity (Wildman–Crippen MR) is 103 cm³/mol. The van der Waals surface area contributed by atoms with Gasteiger partial charge in [-0.25, -0.2) is 0 Å². The van der Waals surface area contributed by atoms with Gasteiger partial charge in [-0.3, -0.25) is 14.4 Å². The summed E-state index contributed by atoms with van der Waals surface area (Å²) in [5, 5.41) is 9.50. The standard InChI is InChI=1S/C22H31NO4/c1-5-6-15-9-8-14-11-13(2)7-10-16(14)22(15,3)20(26)18-19(25)17(12-24)23(4)21(18)27/h5-6,8-9,13-18,24H,7,10-12H2,1-4H3/b6-5+/t13-,14-,15-,16-,17-,18-,22-/m0/s1. The second kappa shape index (κ2) is 7.34. The van der Waals surface area contributed by atoms with E-state index in [-0.39, 0.29) is 17.6 Å². The van der Waals surface area contributed by atoms with Gasteiger partial charge < -0.3 is 10.0 Å². The zero-order chi connectivity index (χ0) is 19.9. The lowest BCUT2D eigenvalue weighted by atomic mass is 9.52. The molecule has 0 bridgehead atoms. The van der Waals surface area contributed by atoms with Gasteiger partial charge in [0.1, 0.15) is 6.04 Å². The fraction of sp³-hybridized carbons (Fsp3) is 0.682. The molecule has 2 aliphatic carbocycles. The van der Waals surface area contributed by atoms with Gasteiger partial charge in [-0.1, -0.05) is 44.6 Å². The quantitative estimate of drug-likeness (QED) is 0.606. The van der Waals surface area contributed by atoms with E-state index in [0.717, 1.165) is 19.3 Å². The lowest BCUT2D eigenvalue weighted by molar-refractivity contribution is -0.148. The largest absolute Gasteiger partial charge is 0.394 e. The molecular weight excluding hydrogens is 342 g/mol. The molecule has 2 fully saturated rings. The van der Waals surface area contributed by atoms with Gasteiger partial charge in [-0.15, -0.1) is 0 Å². The van der Waals surface area contributed by atoms with E-state index in [1.807, 2.05) is 26.0 Å². The number of carbonyl (C=O) groups excluding carboxylic acids is 3. The van der Waals surface area contributed by atoms with Crippen LogP contribution in [0.2, 0.25) is 0 Å². The summed E-state index contributed by atoms with van der Waals surface area (Å²) in [6, 6.07) is -0.906. The third-order valence-corrected chi connectivity index (χ3v) is 7.23. The molecule has 0 unspecified atom stereocenters. The highest BCUT2D eigenvalue weighted by Crippen LogP contribution is 2.54. The van der Waals surface area contributed by atoms with Gasteiger partial charge in [0.25, 0.3) is 0 Å². The van der Waals surface area contributed by atoms with Crippen LogP contribution in [0.5, 0.6) is 0 Å². The summed E-state index contributed by atoms with van der Waals surface area (Å²) in [6.45, 7) is 5.68. The molecule has 1 amide bonds. The van der Waals surface area contributed by atoms with Crippen molar-refractivity contribution in [2.75, 3.05) is 13.7 Å². The summed E-state index contributed by atoms with van der Waals surface area (Å²) in [5.74, 6) is -1.54. The predicted octanol–water partition coefficient (Wildman–Crippen LogP) is 2.39. The van der Waals surface area contributed by atoms with Crippen molar-refractivity contribution >= 4 is 17.5 Å². The number of aliphatic hydroxyl groups excluding tert-OH is 1. The molecule has 1 heterocycles. The molecule has 1 saturated carbocycles. The Labute approximate surface area is 161 Å². The van der Waals surface area contributed by atoms with Crippen molar-refractivity contribution in [3.63, 3.8) is 0 Å². The molecule has 1 aliphatic heterocycles. The molecular formula is C22H31NO4. The molecule has 3 aliphatic rings. The van der Waals surface area contributed by atoms with Crippen LogP contribution < -0.4 is 0 Å². The Morgan fingerprint density at radius 3 is 2.63 bits per heavy atom. The van der Waals surface area contributed by atoms with Crippen molar-refractivity contribution in [2.45, 2.75) is 46.1 Å². The molecule has 0 radical (unpaired) electrons. The molecule has 5 nitrogen and oxygen atoms in total. The van der Waals surface area contributed by atoms with Crippen LogP contribution in [0.25, 0.3) is 0 Å². The first kappa shape index (κ1) is 20.0. The second-order valence-corrected chi connectivity index (χ2v) is 8.75. The summed E-state index contributed by atoms with van der Waals surface area (Å²) >= 11 is 0. The smallest absolute Gasteiger partial charge is 0.241 e. The lowest BCUT2D eigenvalue weighted by Crippen LogP contribution is -2.52. The maximum Gasteiger partial charge on any atom is 0.241 e. The van der Waals surface area contributed by atoms with Crippen LogP contribution in [-0.2, 0) is 14.4 Å². The molecule has 0 aromatic carbocycles. The monoisotopic (exact) mass is 373 g/mol. The maximum absolute atomic E-state index is 13.8. The van der Waals surface area contributed by atoms with E-state index < -0.39 is 35.7 Å². The zero-order valence-corrected chi connectivity index (χ0v) is 16.7. The van der Waals surface area contributed by atoms with Crippen molar-refractivity contribution in [3.8, 4) is 0 Å². The number of likely N-dealkylation sites (tertiary alicyclic amines) is 1. The number of carbonyl (C=O) groups is 3. The second-order valence-electron chi connectivity index (χ2n) is 8.75. The number of Topliss-reactive ketones (excluding diaryl/α,β-unsaturated/α-hetero) is 2. The number of likely N-dealkylation sites (N-methyl/N-ethyl adjacent to an activating group) is 1. The summed E-state index contributed by atoms with van der Waals surface area (Å²) < 4.78 is 0. The fourth-order valence-corrected chi connectivity index (χ4v) is 5.54. The topological polar surface area (TPSA) is 74.7 Å². The van der Waals surface area contributed by atoms with Crippen molar-refractivity contribution in [1.29, 1.82) is 0 Å². The van der Waals surface area contributed by atoms with Gasteiger partial charge in [0.15, 0.2) is 17.5 Å². The van der Waals surface area contributed by atoms with Crippen molar-refractivity contribution in [3.05, 3.63) is 24.3 Å². The van der Waals surface area contributed by atoms with E-state index in [9.17, 15) is 19.5 Å². The normalized spacial score (nSPS) is 42.0. The average molecular weight is 373 g/mol. The Balaban J connectivity index is 2.02. The molecule has 0 spiro atoms. The minimum Gasteiger partial charge on any atom is -0.394 e. The van der Waals surface area contributed by atoms with Crippen LogP contribution in [0.1, 0.15) is 40.0 Å². The SMILES string of the molecule is C/C=C/[C@H]1C=C[C@H]2C[C@@H](C)CC[C@@H]2[C@@]1(C)C(=O)[C@@H]1C(=O)[C@H](CO)N(C)C1=O.